The fourth-order valence-electron chi connectivity index (χ4n) is 1.42. The highest BCUT2D eigenvalue weighted by atomic mass is 16.2. The number of hydrogen-bond acceptors (Lipinski definition) is 2. The van der Waals surface area contributed by atoms with Crippen molar-refractivity contribution < 1.29 is 9.59 Å². The van der Waals surface area contributed by atoms with E-state index in [9.17, 15) is 9.59 Å². The van der Waals surface area contributed by atoms with Gasteiger partial charge in [0.1, 0.15) is 0 Å². The summed E-state index contributed by atoms with van der Waals surface area (Å²) in [6.07, 6.45) is 7.10. The molecule has 0 fully saturated rings. The molecule has 0 spiro atoms. The first kappa shape index (κ1) is 14.7. The average molecular weight is 258 g/mol. The van der Waals surface area contributed by atoms with Gasteiger partial charge in [-0.05, 0) is 24.6 Å². The van der Waals surface area contributed by atoms with Crippen molar-refractivity contribution in [2.45, 2.75) is 13.3 Å². The Kier molecular flexibility index (Phi) is 6.09. The zero-order valence-corrected chi connectivity index (χ0v) is 11.1. The van der Waals surface area contributed by atoms with Crippen molar-refractivity contribution in [2.24, 2.45) is 0 Å². The fourth-order valence-corrected chi connectivity index (χ4v) is 1.42. The summed E-state index contributed by atoms with van der Waals surface area (Å²) < 4.78 is 0. The van der Waals surface area contributed by atoms with E-state index in [-0.39, 0.29) is 11.8 Å². The Bertz CT molecular complexity index is 487. The molecule has 100 valence electrons. The van der Waals surface area contributed by atoms with Crippen LogP contribution in [0.25, 0.3) is 0 Å². The third-order valence-corrected chi connectivity index (χ3v) is 2.42. The molecule has 0 aliphatic rings. The molecule has 0 heterocycles. The lowest BCUT2D eigenvalue weighted by atomic mass is 10.1. The monoisotopic (exact) mass is 258 g/mol. The number of allylic oxidation sites excluding steroid dienone is 3. The molecule has 0 bridgehead atoms. The number of amides is 2. The predicted octanol–water partition coefficient (Wildman–Crippen LogP) is 2.05. The van der Waals surface area contributed by atoms with Crippen molar-refractivity contribution in [3.05, 3.63) is 54.1 Å². The second-order valence-electron chi connectivity index (χ2n) is 3.92. The minimum Gasteiger partial charge on any atom is -0.359 e. The van der Waals surface area contributed by atoms with Gasteiger partial charge in [-0.25, -0.2) is 0 Å². The molecule has 0 aliphatic heterocycles. The van der Waals surface area contributed by atoms with E-state index >= 15 is 0 Å². The van der Waals surface area contributed by atoms with Gasteiger partial charge in [-0.15, -0.1) is 0 Å². The zero-order chi connectivity index (χ0) is 14.1. The van der Waals surface area contributed by atoms with E-state index < -0.39 is 0 Å². The molecule has 1 rings (SSSR count). The number of anilines is 1. The SMILES string of the molecule is CC=CC=CC(=O)Nc1ccc(CC(=O)NC)cc1. The first-order valence-corrected chi connectivity index (χ1v) is 6.05. The fraction of sp³-hybridized carbons (Fsp3) is 0.200. The quantitative estimate of drug-likeness (QED) is 0.627. The van der Waals surface area contributed by atoms with E-state index in [0.29, 0.717) is 12.1 Å². The van der Waals surface area contributed by atoms with Crippen LogP contribution >= 0.6 is 0 Å². The number of hydrogen-bond donors (Lipinski definition) is 2. The van der Waals surface area contributed by atoms with Crippen molar-refractivity contribution in [3.63, 3.8) is 0 Å². The van der Waals surface area contributed by atoms with Gasteiger partial charge >= 0.3 is 0 Å². The Labute approximate surface area is 113 Å². The topological polar surface area (TPSA) is 58.2 Å². The maximum Gasteiger partial charge on any atom is 0.248 e. The third-order valence-electron chi connectivity index (χ3n) is 2.42. The van der Waals surface area contributed by atoms with Gasteiger partial charge in [0.15, 0.2) is 0 Å². The van der Waals surface area contributed by atoms with Gasteiger partial charge in [-0.1, -0.05) is 30.4 Å². The summed E-state index contributed by atoms with van der Waals surface area (Å²) in [6, 6.07) is 7.19. The molecule has 1 aromatic carbocycles. The second-order valence-corrected chi connectivity index (χ2v) is 3.92. The summed E-state index contributed by atoms with van der Waals surface area (Å²) in [7, 11) is 1.61. The summed E-state index contributed by atoms with van der Waals surface area (Å²) in [5.41, 5.74) is 1.61. The van der Waals surface area contributed by atoms with Crippen molar-refractivity contribution in [1.82, 2.24) is 5.32 Å². The molecule has 0 aliphatic carbocycles. The Morgan fingerprint density at radius 3 is 2.42 bits per heavy atom. The first-order valence-electron chi connectivity index (χ1n) is 6.05. The molecule has 2 N–H and O–H groups in total. The van der Waals surface area contributed by atoms with Crippen LogP contribution in [0.3, 0.4) is 0 Å². The minimum atomic E-state index is -0.183. The van der Waals surface area contributed by atoms with E-state index in [1.807, 2.05) is 25.1 Å². The number of rotatable bonds is 5. The molecule has 19 heavy (non-hydrogen) atoms. The molecule has 0 saturated carbocycles. The number of benzene rings is 1. The number of likely N-dealkylation sites (N-methyl/N-ethyl adjacent to an activating group) is 1. The zero-order valence-electron chi connectivity index (χ0n) is 11.1. The second kappa shape index (κ2) is 7.87. The third kappa shape index (κ3) is 5.68. The minimum absolute atomic E-state index is 0.0360. The van der Waals surface area contributed by atoms with E-state index in [2.05, 4.69) is 10.6 Å². The van der Waals surface area contributed by atoms with Crippen molar-refractivity contribution >= 4 is 17.5 Å². The maximum absolute atomic E-state index is 11.5. The molecule has 4 nitrogen and oxygen atoms in total. The van der Waals surface area contributed by atoms with Gasteiger partial charge in [0, 0.05) is 18.8 Å². The Morgan fingerprint density at radius 2 is 1.84 bits per heavy atom. The van der Waals surface area contributed by atoms with E-state index in [4.69, 9.17) is 0 Å². The van der Waals surface area contributed by atoms with Crippen LogP contribution in [0.2, 0.25) is 0 Å². The van der Waals surface area contributed by atoms with Crippen LogP contribution in [0, 0.1) is 0 Å². The van der Waals surface area contributed by atoms with Crippen molar-refractivity contribution in [2.75, 3.05) is 12.4 Å². The predicted molar refractivity (Wildman–Crippen MR) is 76.8 cm³/mol. The summed E-state index contributed by atoms with van der Waals surface area (Å²) in [5.74, 6) is -0.219. The van der Waals surface area contributed by atoms with Crippen molar-refractivity contribution in [3.8, 4) is 0 Å². The smallest absolute Gasteiger partial charge is 0.248 e. The van der Waals surface area contributed by atoms with E-state index in [1.165, 1.54) is 6.08 Å². The largest absolute Gasteiger partial charge is 0.359 e. The molecular formula is C15H18N2O2. The van der Waals surface area contributed by atoms with Crippen LogP contribution in [-0.2, 0) is 16.0 Å². The number of carbonyl (C=O) groups is 2. The number of nitrogens with one attached hydrogen (secondary N) is 2. The Balaban J connectivity index is 2.57. The highest BCUT2D eigenvalue weighted by Gasteiger charge is 2.01. The number of carbonyl (C=O) groups excluding carboxylic acids is 2. The average Bonchev–Trinajstić information content (AvgIpc) is 2.41. The van der Waals surface area contributed by atoms with Gasteiger partial charge < -0.3 is 10.6 Å². The van der Waals surface area contributed by atoms with Gasteiger partial charge in [0.25, 0.3) is 0 Å². The lowest BCUT2D eigenvalue weighted by Crippen LogP contribution is -2.19. The molecule has 0 atom stereocenters. The molecule has 0 radical (unpaired) electrons. The van der Waals surface area contributed by atoms with Crippen LogP contribution in [0.5, 0.6) is 0 Å². The lowest BCUT2D eigenvalue weighted by molar-refractivity contribution is -0.120. The summed E-state index contributed by atoms with van der Waals surface area (Å²) in [6.45, 7) is 1.88. The van der Waals surface area contributed by atoms with Gasteiger partial charge in [0.05, 0.1) is 6.42 Å². The highest BCUT2D eigenvalue weighted by Crippen LogP contribution is 2.10. The van der Waals surface area contributed by atoms with Gasteiger partial charge in [-0.2, -0.15) is 0 Å². The normalized spacial score (nSPS) is 10.8. The summed E-state index contributed by atoms with van der Waals surface area (Å²) >= 11 is 0. The van der Waals surface area contributed by atoms with Crippen LogP contribution in [0.1, 0.15) is 12.5 Å². The molecule has 0 saturated heterocycles. The maximum atomic E-state index is 11.5. The van der Waals surface area contributed by atoms with Gasteiger partial charge in [0.2, 0.25) is 11.8 Å². The van der Waals surface area contributed by atoms with Crippen molar-refractivity contribution in [1.29, 1.82) is 0 Å². The molecule has 2 amide bonds. The summed E-state index contributed by atoms with van der Waals surface area (Å²) in [5, 5.41) is 5.30. The Morgan fingerprint density at radius 1 is 1.16 bits per heavy atom. The van der Waals surface area contributed by atoms with Crippen LogP contribution in [0.4, 0.5) is 5.69 Å². The van der Waals surface area contributed by atoms with E-state index in [1.54, 1.807) is 31.3 Å². The lowest BCUT2D eigenvalue weighted by Gasteiger charge is -2.04. The molecular weight excluding hydrogens is 240 g/mol. The Hall–Kier alpha value is -2.36. The van der Waals surface area contributed by atoms with Crippen LogP contribution in [0.15, 0.2) is 48.6 Å². The van der Waals surface area contributed by atoms with E-state index in [0.717, 1.165) is 5.56 Å². The summed E-state index contributed by atoms with van der Waals surface area (Å²) in [4.78, 5) is 22.7. The molecule has 0 unspecified atom stereocenters. The standard InChI is InChI=1S/C15H18N2O2/c1-3-4-5-6-14(18)17-13-9-7-12(8-10-13)11-15(19)16-2/h3-10H,11H2,1-2H3,(H,16,19)(H,17,18). The van der Waals surface area contributed by atoms with Crippen LogP contribution < -0.4 is 10.6 Å². The highest BCUT2D eigenvalue weighted by molar-refractivity contribution is 5.99. The van der Waals surface area contributed by atoms with Crippen LogP contribution in [-0.4, -0.2) is 18.9 Å². The molecule has 1 aromatic rings. The molecule has 4 heteroatoms. The van der Waals surface area contributed by atoms with Gasteiger partial charge in [-0.3, -0.25) is 9.59 Å². The molecule has 0 aromatic heterocycles. The first-order chi connectivity index (χ1) is 9.15.